The third kappa shape index (κ3) is 6.18. The van der Waals surface area contributed by atoms with E-state index in [0.29, 0.717) is 23.7 Å². The van der Waals surface area contributed by atoms with Gasteiger partial charge >= 0.3 is 0 Å². The van der Waals surface area contributed by atoms with Crippen LogP contribution >= 0.6 is 11.6 Å². The van der Waals surface area contributed by atoms with Crippen LogP contribution in [0.5, 0.6) is 11.5 Å². The summed E-state index contributed by atoms with van der Waals surface area (Å²) in [6.45, 7) is -0.197. The van der Waals surface area contributed by atoms with E-state index >= 15 is 0 Å². The summed E-state index contributed by atoms with van der Waals surface area (Å²) in [5.41, 5.74) is 1.11. The smallest absolute Gasteiger partial charge is 0.264 e. The van der Waals surface area contributed by atoms with Gasteiger partial charge in [-0.2, -0.15) is 0 Å². The highest BCUT2D eigenvalue weighted by atomic mass is 35.5. The van der Waals surface area contributed by atoms with Crippen molar-refractivity contribution in [2.45, 2.75) is 11.3 Å². The maximum absolute atomic E-state index is 13.5. The second-order valence-electron chi connectivity index (χ2n) is 7.23. The summed E-state index contributed by atoms with van der Waals surface area (Å²) in [5.74, 6) is -0.466. The van der Waals surface area contributed by atoms with Crippen molar-refractivity contribution in [3.63, 3.8) is 0 Å². The van der Waals surface area contributed by atoms with E-state index in [0.717, 1.165) is 22.0 Å². The number of carbonyl (C=O) groups is 1. The topological polar surface area (TPSA) is 84.9 Å². The number of methoxy groups -OCH3 is 2. The minimum absolute atomic E-state index is 0.108. The highest BCUT2D eigenvalue weighted by Crippen LogP contribution is 2.32. The van der Waals surface area contributed by atoms with E-state index in [1.807, 2.05) is 12.1 Å². The molecule has 3 aromatic rings. The van der Waals surface area contributed by atoms with Gasteiger partial charge in [-0.15, -0.1) is 0 Å². The number of halogens is 2. The lowest BCUT2D eigenvalue weighted by molar-refractivity contribution is -0.119. The summed E-state index contributed by atoms with van der Waals surface area (Å²) in [6.07, 6.45) is 0.544. The monoisotopic (exact) mass is 506 g/mol. The van der Waals surface area contributed by atoms with Crippen molar-refractivity contribution in [3.8, 4) is 11.5 Å². The molecule has 180 valence electrons. The van der Waals surface area contributed by atoms with Crippen molar-refractivity contribution in [3.05, 3.63) is 83.1 Å². The van der Waals surface area contributed by atoms with Crippen LogP contribution in [0.1, 0.15) is 5.56 Å². The molecule has 0 unspecified atom stereocenters. The van der Waals surface area contributed by atoms with Crippen LogP contribution in [0.2, 0.25) is 5.02 Å². The molecule has 0 atom stereocenters. The molecule has 3 aromatic carbocycles. The average molecular weight is 507 g/mol. The second kappa shape index (κ2) is 11.2. The first-order valence-corrected chi connectivity index (χ1v) is 12.1. The molecule has 1 amide bonds. The first kappa shape index (κ1) is 25.3. The third-order valence-electron chi connectivity index (χ3n) is 4.99. The summed E-state index contributed by atoms with van der Waals surface area (Å²) in [4.78, 5) is 12.6. The number of rotatable bonds is 10. The maximum Gasteiger partial charge on any atom is 0.264 e. The average Bonchev–Trinajstić information content (AvgIpc) is 2.84. The number of benzene rings is 3. The highest BCUT2D eigenvalue weighted by molar-refractivity contribution is 7.92. The summed E-state index contributed by atoms with van der Waals surface area (Å²) < 4.78 is 51.8. The van der Waals surface area contributed by atoms with Crippen LogP contribution in [0.15, 0.2) is 71.6 Å². The van der Waals surface area contributed by atoms with E-state index in [-0.39, 0.29) is 16.3 Å². The van der Waals surface area contributed by atoms with Crippen molar-refractivity contribution in [1.29, 1.82) is 0 Å². The van der Waals surface area contributed by atoms with E-state index in [2.05, 4.69) is 5.32 Å². The molecule has 0 aromatic heterocycles. The van der Waals surface area contributed by atoms with Crippen molar-refractivity contribution >= 4 is 33.2 Å². The number of hydrogen-bond donors (Lipinski definition) is 1. The van der Waals surface area contributed by atoms with Gasteiger partial charge in [0.15, 0.2) is 11.5 Å². The van der Waals surface area contributed by atoms with Gasteiger partial charge in [0.25, 0.3) is 10.0 Å². The Bertz CT molecular complexity index is 1240. The van der Waals surface area contributed by atoms with Gasteiger partial charge in [0.05, 0.1) is 24.8 Å². The summed E-state index contributed by atoms with van der Waals surface area (Å²) in [6, 6.07) is 16.2. The fourth-order valence-electron chi connectivity index (χ4n) is 3.21. The number of nitrogens with one attached hydrogen (secondary N) is 1. The molecular formula is C24H24ClFN2O5S. The van der Waals surface area contributed by atoms with Crippen molar-refractivity contribution in [2.24, 2.45) is 0 Å². The molecule has 0 bridgehead atoms. The van der Waals surface area contributed by atoms with Gasteiger partial charge in [-0.25, -0.2) is 12.8 Å². The van der Waals surface area contributed by atoms with Gasteiger partial charge in [-0.05, 0) is 60.5 Å². The highest BCUT2D eigenvalue weighted by Gasteiger charge is 2.28. The molecule has 0 aliphatic rings. The summed E-state index contributed by atoms with van der Waals surface area (Å²) >= 11 is 5.88. The first-order chi connectivity index (χ1) is 16.2. The Morgan fingerprint density at radius 3 is 2.24 bits per heavy atom. The zero-order valence-corrected chi connectivity index (χ0v) is 20.2. The first-order valence-electron chi connectivity index (χ1n) is 10.3. The van der Waals surface area contributed by atoms with Gasteiger partial charge in [0.1, 0.15) is 12.4 Å². The SMILES string of the molecule is COc1ccc(S(=O)(=O)N(CC(=O)NCCc2ccc(Cl)cc2)c2ccc(F)cc2)cc1OC. The van der Waals surface area contributed by atoms with Gasteiger partial charge < -0.3 is 14.8 Å². The Morgan fingerprint density at radius 1 is 0.971 bits per heavy atom. The number of nitrogens with zero attached hydrogens (tertiary/aromatic N) is 1. The molecule has 0 fully saturated rings. The Morgan fingerprint density at radius 2 is 1.62 bits per heavy atom. The molecule has 0 aliphatic carbocycles. The largest absolute Gasteiger partial charge is 0.493 e. The molecule has 3 rings (SSSR count). The van der Waals surface area contributed by atoms with Crippen molar-refractivity contribution < 1.29 is 27.1 Å². The van der Waals surface area contributed by atoms with E-state index < -0.39 is 28.3 Å². The molecule has 0 radical (unpaired) electrons. The zero-order chi connectivity index (χ0) is 24.7. The molecule has 0 spiro atoms. The third-order valence-corrected chi connectivity index (χ3v) is 7.02. The quantitative estimate of drug-likeness (QED) is 0.448. The van der Waals surface area contributed by atoms with E-state index in [4.69, 9.17) is 21.1 Å². The predicted octanol–water partition coefficient (Wildman–Crippen LogP) is 4.05. The number of anilines is 1. The van der Waals surface area contributed by atoms with Crippen LogP contribution in [0.4, 0.5) is 10.1 Å². The molecule has 0 heterocycles. The predicted molar refractivity (Wildman–Crippen MR) is 129 cm³/mol. The molecule has 1 N–H and O–H groups in total. The lowest BCUT2D eigenvalue weighted by atomic mass is 10.1. The number of carbonyl (C=O) groups excluding carboxylic acids is 1. The van der Waals surface area contributed by atoms with Crippen LogP contribution in [-0.4, -0.2) is 41.6 Å². The van der Waals surface area contributed by atoms with Crippen LogP contribution in [0.25, 0.3) is 0 Å². The zero-order valence-electron chi connectivity index (χ0n) is 18.6. The Balaban J connectivity index is 1.82. The van der Waals surface area contributed by atoms with Crippen LogP contribution in [-0.2, 0) is 21.2 Å². The van der Waals surface area contributed by atoms with Gasteiger partial charge in [-0.3, -0.25) is 9.10 Å². The van der Waals surface area contributed by atoms with Gasteiger partial charge in [-0.1, -0.05) is 23.7 Å². The van der Waals surface area contributed by atoms with E-state index in [9.17, 15) is 17.6 Å². The molecule has 0 saturated heterocycles. The molecule has 34 heavy (non-hydrogen) atoms. The lowest BCUT2D eigenvalue weighted by Gasteiger charge is -2.24. The number of ether oxygens (including phenoxy) is 2. The van der Waals surface area contributed by atoms with Crippen LogP contribution < -0.4 is 19.1 Å². The molecule has 0 saturated carbocycles. The minimum atomic E-state index is -4.20. The maximum atomic E-state index is 13.5. The number of sulfonamides is 1. The Hall–Kier alpha value is -3.30. The summed E-state index contributed by atoms with van der Waals surface area (Å²) in [5, 5.41) is 3.34. The van der Waals surface area contributed by atoms with Gasteiger partial charge in [0, 0.05) is 17.6 Å². The second-order valence-corrected chi connectivity index (χ2v) is 9.53. The van der Waals surface area contributed by atoms with Crippen LogP contribution in [0.3, 0.4) is 0 Å². The standard InChI is InChI=1S/C24H24ClFN2O5S/c1-32-22-12-11-21(15-23(22)33-2)34(30,31)28(20-9-7-19(26)8-10-20)16-24(29)27-14-13-17-3-5-18(25)6-4-17/h3-12,15H,13-14,16H2,1-2H3,(H,27,29). The normalized spacial score (nSPS) is 11.1. The fraction of sp³-hybridized carbons (Fsp3) is 0.208. The molecular weight excluding hydrogens is 483 g/mol. The number of amides is 1. The molecule has 7 nitrogen and oxygen atoms in total. The fourth-order valence-corrected chi connectivity index (χ4v) is 4.77. The molecule has 10 heteroatoms. The van der Waals surface area contributed by atoms with Gasteiger partial charge in [0.2, 0.25) is 5.91 Å². The number of hydrogen-bond acceptors (Lipinski definition) is 5. The Kier molecular flexibility index (Phi) is 8.36. The van der Waals surface area contributed by atoms with E-state index in [1.54, 1.807) is 12.1 Å². The lowest BCUT2D eigenvalue weighted by Crippen LogP contribution is -2.41. The summed E-state index contributed by atoms with van der Waals surface area (Å²) in [7, 11) is -1.38. The van der Waals surface area contributed by atoms with Crippen molar-refractivity contribution in [2.75, 3.05) is 31.6 Å². The minimum Gasteiger partial charge on any atom is -0.493 e. The van der Waals surface area contributed by atoms with E-state index in [1.165, 1.54) is 44.6 Å². The van der Waals surface area contributed by atoms with Crippen molar-refractivity contribution in [1.82, 2.24) is 5.32 Å². The molecule has 0 aliphatic heterocycles. The van der Waals surface area contributed by atoms with Crippen LogP contribution in [0, 0.1) is 5.82 Å². The Labute approximate surface area is 203 Å².